The molecule has 2 heterocycles. The van der Waals surface area contributed by atoms with Gasteiger partial charge in [-0.05, 0) is 25.1 Å². The molecule has 0 aliphatic carbocycles. The zero-order chi connectivity index (χ0) is 17.2. The fourth-order valence-electron chi connectivity index (χ4n) is 2.55. The van der Waals surface area contributed by atoms with Crippen LogP contribution in [0.4, 0.5) is 0 Å². The van der Waals surface area contributed by atoms with Crippen molar-refractivity contribution >= 4 is 28.4 Å². The molecule has 2 aromatic heterocycles. The van der Waals surface area contributed by atoms with E-state index < -0.39 is 0 Å². The Morgan fingerprint density at radius 3 is 2.60 bits per heavy atom. The van der Waals surface area contributed by atoms with E-state index in [1.54, 1.807) is 11.6 Å². The lowest BCUT2D eigenvalue weighted by Gasteiger charge is -2.02. The highest BCUT2D eigenvalue weighted by Gasteiger charge is 2.12. The fraction of sp³-hybridized carbons (Fsp3) is 0.105. The van der Waals surface area contributed by atoms with Crippen molar-refractivity contribution in [1.29, 1.82) is 0 Å². The molecule has 0 bridgehead atoms. The molecule has 0 aliphatic rings. The number of aryl methyl sites for hydroxylation is 1. The lowest BCUT2D eigenvalue weighted by atomic mass is 10.1. The molecule has 0 radical (unpaired) electrons. The summed E-state index contributed by atoms with van der Waals surface area (Å²) in [5.74, 6) is 1.59. The number of nitrogens with zero attached hydrogens (tertiary/aromatic N) is 4. The predicted molar refractivity (Wildman–Crippen MR) is 101 cm³/mol. The number of para-hydroxylation sites is 1. The van der Waals surface area contributed by atoms with Gasteiger partial charge < -0.3 is 4.74 Å². The number of hydrogen-bond acceptors (Lipinski definition) is 5. The van der Waals surface area contributed by atoms with Crippen molar-refractivity contribution in [2.75, 3.05) is 7.11 Å². The van der Waals surface area contributed by atoms with Crippen LogP contribution in [-0.2, 0) is 0 Å². The molecule has 0 unspecified atom stereocenters. The summed E-state index contributed by atoms with van der Waals surface area (Å²) in [4.78, 5) is 0.773. The van der Waals surface area contributed by atoms with Crippen LogP contribution in [-0.4, -0.2) is 26.9 Å². The molecule has 0 atom stereocenters. The van der Waals surface area contributed by atoms with Gasteiger partial charge >= 0.3 is 0 Å². The Hall–Kier alpha value is -2.99. The molecule has 0 N–H and O–H groups in total. The van der Waals surface area contributed by atoms with Gasteiger partial charge in [0.1, 0.15) is 10.8 Å². The van der Waals surface area contributed by atoms with Gasteiger partial charge in [0.2, 0.25) is 4.96 Å². The standard InChI is InChI=1S/C19H16N4OS/c1-13-7-9-15(10-8-13)18-20-21-19-23(18)22-17(25-19)12-11-14-5-3-4-6-16(14)24-2/h3-12H,1-2H3/b12-11-. The van der Waals surface area contributed by atoms with Crippen molar-refractivity contribution in [2.45, 2.75) is 6.92 Å². The molecule has 4 rings (SSSR count). The highest BCUT2D eigenvalue weighted by molar-refractivity contribution is 7.17. The zero-order valence-corrected chi connectivity index (χ0v) is 14.7. The summed E-state index contributed by atoms with van der Waals surface area (Å²) >= 11 is 1.50. The van der Waals surface area contributed by atoms with Gasteiger partial charge in [-0.2, -0.15) is 9.61 Å². The molecule has 6 heteroatoms. The smallest absolute Gasteiger partial charge is 0.235 e. The third-order valence-electron chi connectivity index (χ3n) is 3.86. The second kappa shape index (κ2) is 6.49. The third-order valence-corrected chi connectivity index (χ3v) is 4.72. The van der Waals surface area contributed by atoms with Crippen molar-refractivity contribution in [3.8, 4) is 17.1 Å². The quantitative estimate of drug-likeness (QED) is 0.550. The molecule has 0 aliphatic heterocycles. The van der Waals surface area contributed by atoms with E-state index in [4.69, 9.17) is 4.74 Å². The molecule has 0 fully saturated rings. The van der Waals surface area contributed by atoms with E-state index in [9.17, 15) is 0 Å². The van der Waals surface area contributed by atoms with Crippen LogP contribution in [0.2, 0.25) is 0 Å². The molecular formula is C19H16N4OS. The van der Waals surface area contributed by atoms with E-state index in [1.807, 2.05) is 48.6 Å². The second-order valence-electron chi connectivity index (χ2n) is 5.60. The number of fused-ring (bicyclic) bond motifs is 1. The van der Waals surface area contributed by atoms with Crippen LogP contribution in [0.1, 0.15) is 16.1 Å². The first-order valence-electron chi connectivity index (χ1n) is 7.85. The Morgan fingerprint density at radius 2 is 1.80 bits per heavy atom. The molecule has 2 aromatic carbocycles. The zero-order valence-electron chi connectivity index (χ0n) is 13.9. The minimum atomic E-state index is 0.753. The Morgan fingerprint density at radius 1 is 1.00 bits per heavy atom. The van der Waals surface area contributed by atoms with Gasteiger partial charge in [0, 0.05) is 11.1 Å². The van der Waals surface area contributed by atoms with Crippen LogP contribution < -0.4 is 4.74 Å². The maximum absolute atomic E-state index is 5.37. The molecule has 0 spiro atoms. The van der Waals surface area contributed by atoms with Crippen LogP contribution >= 0.6 is 11.3 Å². The Bertz CT molecular complexity index is 1050. The molecular weight excluding hydrogens is 332 g/mol. The minimum absolute atomic E-state index is 0.753. The highest BCUT2D eigenvalue weighted by Crippen LogP contribution is 2.24. The first kappa shape index (κ1) is 15.5. The lowest BCUT2D eigenvalue weighted by Crippen LogP contribution is -1.90. The molecule has 25 heavy (non-hydrogen) atoms. The summed E-state index contributed by atoms with van der Waals surface area (Å²) in [5.41, 5.74) is 3.22. The highest BCUT2D eigenvalue weighted by atomic mass is 32.1. The predicted octanol–water partition coefficient (Wildman–Crippen LogP) is 4.34. The number of ether oxygens (including phenoxy) is 1. The fourth-order valence-corrected chi connectivity index (χ4v) is 3.29. The van der Waals surface area contributed by atoms with Gasteiger partial charge in [0.25, 0.3) is 0 Å². The van der Waals surface area contributed by atoms with Crippen molar-refractivity contribution in [1.82, 2.24) is 19.8 Å². The summed E-state index contributed by atoms with van der Waals surface area (Å²) in [6.07, 6.45) is 3.96. The van der Waals surface area contributed by atoms with E-state index in [-0.39, 0.29) is 0 Å². The lowest BCUT2D eigenvalue weighted by molar-refractivity contribution is 0.414. The van der Waals surface area contributed by atoms with E-state index in [0.717, 1.165) is 32.7 Å². The molecule has 4 aromatic rings. The van der Waals surface area contributed by atoms with Crippen LogP contribution in [0.5, 0.6) is 5.75 Å². The first-order chi connectivity index (χ1) is 12.2. The normalized spacial score (nSPS) is 11.4. The molecule has 5 nitrogen and oxygen atoms in total. The van der Waals surface area contributed by atoms with Crippen molar-refractivity contribution in [3.63, 3.8) is 0 Å². The van der Waals surface area contributed by atoms with E-state index in [1.165, 1.54) is 16.9 Å². The number of aromatic nitrogens is 4. The summed E-state index contributed by atoms with van der Waals surface area (Å²) in [5, 5.41) is 14.0. The van der Waals surface area contributed by atoms with Gasteiger partial charge in [-0.1, -0.05) is 59.4 Å². The monoisotopic (exact) mass is 348 g/mol. The number of rotatable bonds is 4. The molecule has 124 valence electrons. The largest absolute Gasteiger partial charge is 0.496 e. The molecule has 0 saturated heterocycles. The van der Waals surface area contributed by atoms with E-state index in [0.29, 0.717) is 0 Å². The second-order valence-corrected chi connectivity index (χ2v) is 6.59. The summed E-state index contributed by atoms with van der Waals surface area (Å²) in [6.45, 7) is 2.06. The summed E-state index contributed by atoms with van der Waals surface area (Å²) in [7, 11) is 1.67. The third kappa shape index (κ3) is 3.04. The average Bonchev–Trinajstić information content (AvgIpc) is 3.21. The van der Waals surface area contributed by atoms with Crippen LogP contribution in [0, 0.1) is 6.92 Å². The maximum Gasteiger partial charge on any atom is 0.235 e. The topological polar surface area (TPSA) is 52.3 Å². The maximum atomic E-state index is 5.37. The summed E-state index contributed by atoms with van der Waals surface area (Å²) < 4.78 is 7.16. The van der Waals surface area contributed by atoms with Gasteiger partial charge in [-0.15, -0.1) is 10.2 Å². The van der Waals surface area contributed by atoms with Crippen molar-refractivity contribution in [3.05, 3.63) is 64.7 Å². The Kier molecular flexibility index (Phi) is 4.03. The van der Waals surface area contributed by atoms with Gasteiger partial charge in [-0.25, -0.2) is 0 Å². The SMILES string of the molecule is COc1ccccc1/C=C\c1nn2c(-c3ccc(C)cc3)nnc2s1. The van der Waals surface area contributed by atoms with Gasteiger partial charge in [-0.3, -0.25) is 0 Å². The Labute approximate surface area is 149 Å². The van der Waals surface area contributed by atoms with Gasteiger partial charge in [0.05, 0.1) is 7.11 Å². The van der Waals surface area contributed by atoms with Gasteiger partial charge in [0.15, 0.2) is 5.82 Å². The van der Waals surface area contributed by atoms with Crippen LogP contribution in [0.25, 0.3) is 28.5 Å². The average molecular weight is 348 g/mol. The van der Waals surface area contributed by atoms with E-state index >= 15 is 0 Å². The van der Waals surface area contributed by atoms with Crippen LogP contribution in [0.15, 0.2) is 48.5 Å². The molecule has 0 amide bonds. The van der Waals surface area contributed by atoms with Crippen molar-refractivity contribution in [2.24, 2.45) is 0 Å². The number of benzene rings is 2. The Balaban J connectivity index is 1.68. The first-order valence-corrected chi connectivity index (χ1v) is 8.66. The van der Waals surface area contributed by atoms with Crippen molar-refractivity contribution < 1.29 is 4.74 Å². The number of hydrogen-bond donors (Lipinski definition) is 0. The summed E-state index contributed by atoms with van der Waals surface area (Å²) in [6, 6.07) is 16.1. The molecule has 0 saturated carbocycles. The van der Waals surface area contributed by atoms with Crippen LogP contribution in [0.3, 0.4) is 0 Å². The number of methoxy groups -OCH3 is 1. The minimum Gasteiger partial charge on any atom is -0.496 e. The van der Waals surface area contributed by atoms with E-state index in [2.05, 4.69) is 34.4 Å².